The molecule has 2 unspecified atom stereocenters. The highest BCUT2D eigenvalue weighted by Crippen LogP contribution is 2.58. The van der Waals surface area contributed by atoms with Crippen LogP contribution in [0.15, 0.2) is 17.1 Å². The van der Waals surface area contributed by atoms with Gasteiger partial charge in [-0.2, -0.15) is 4.98 Å². The van der Waals surface area contributed by atoms with Gasteiger partial charge in [-0.1, -0.05) is 26.7 Å². The predicted octanol–water partition coefficient (Wildman–Crippen LogP) is 2.04. The third-order valence-electron chi connectivity index (χ3n) is 4.56. The lowest BCUT2D eigenvalue weighted by molar-refractivity contribution is -0.101. The van der Waals surface area contributed by atoms with Crippen LogP contribution in [-0.2, 0) is 30.5 Å². The fraction of sp³-hybridized carbons (Fsp3) is 0.700. The van der Waals surface area contributed by atoms with Crippen LogP contribution in [0.25, 0.3) is 0 Å². The zero-order chi connectivity index (χ0) is 23.6. The van der Waals surface area contributed by atoms with E-state index in [2.05, 4.69) is 10.9 Å². The molecule has 0 aliphatic carbocycles. The van der Waals surface area contributed by atoms with Gasteiger partial charge in [0.05, 0.1) is 12.2 Å². The highest BCUT2D eigenvalue weighted by molar-refractivity contribution is 8.10. The first kappa shape index (κ1) is 25.9. The summed E-state index contributed by atoms with van der Waals surface area (Å²) in [7, 11) is 0. The second-order valence-corrected chi connectivity index (χ2v) is 13.3. The Morgan fingerprint density at radius 3 is 2.52 bits per heavy atom. The number of terminal acetylenes is 1. The number of nitrogens with zero attached hydrogens (tertiary/aromatic N) is 2. The molecule has 2 heterocycles. The standard InChI is InChI=1S/C20H32N3O6PS/c1-8-11-26-16-15(29-30(25,31)20(5,6)7)13(12-27-19(2,3)4)28-17(16)23-10-9-14(21)22-18(23)24/h1,9-10,13,15-17H,11-12H2,2-7H3,(H,25,31)(H2,21,22,24)/t13-,15+,16?,17-,30?/m1/s1. The monoisotopic (exact) mass is 473 g/mol. The molecule has 1 saturated heterocycles. The van der Waals surface area contributed by atoms with Gasteiger partial charge in [0.2, 0.25) is 0 Å². The van der Waals surface area contributed by atoms with Gasteiger partial charge in [-0.3, -0.25) is 4.57 Å². The molecule has 1 aliphatic heterocycles. The third-order valence-corrected chi connectivity index (χ3v) is 8.69. The second-order valence-electron chi connectivity index (χ2n) is 9.27. The van der Waals surface area contributed by atoms with E-state index >= 15 is 0 Å². The van der Waals surface area contributed by atoms with Crippen LogP contribution >= 0.6 is 6.49 Å². The van der Waals surface area contributed by atoms with Crippen molar-refractivity contribution < 1.29 is 23.6 Å². The lowest BCUT2D eigenvalue weighted by atomic mass is 10.1. The van der Waals surface area contributed by atoms with Crippen molar-refractivity contribution in [1.82, 2.24) is 9.55 Å². The number of hydrogen-bond donors (Lipinski definition) is 2. The molecule has 0 aromatic carbocycles. The molecule has 1 aromatic rings. The van der Waals surface area contributed by atoms with E-state index in [1.54, 1.807) is 20.8 Å². The van der Waals surface area contributed by atoms with E-state index in [9.17, 15) is 9.69 Å². The molecule has 0 radical (unpaired) electrons. The van der Waals surface area contributed by atoms with E-state index < -0.39 is 47.5 Å². The maximum absolute atomic E-state index is 12.5. The third kappa shape index (κ3) is 6.59. The van der Waals surface area contributed by atoms with E-state index in [1.807, 2.05) is 20.8 Å². The van der Waals surface area contributed by atoms with Crippen molar-refractivity contribution in [3.63, 3.8) is 0 Å². The molecule has 1 aliphatic rings. The van der Waals surface area contributed by atoms with E-state index in [4.69, 9.17) is 42.7 Å². The molecule has 0 amide bonds. The van der Waals surface area contributed by atoms with Gasteiger partial charge in [-0.05, 0) is 38.6 Å². The Morgan fingerprint density at radius 1 is 1.35 bits per heavy atom. The lowest BCUT2D eigenvalue weighted by Gasteiger charge is -2.35. The zero-order valence-corrected chi connectivity index (χ0v) is 20.5. The molecule has 0 saturated carbocycles. The summed E-state index contributed by atoms with van der Waals surface area (Å²) in [4.78, 5) is 27.2. The fourth-order valence-electron chi connectivity index (χ4n) is 2.79. The van der Waals surface area contributed by atoms with Gasteiger partial charge in [0.15, 0.2) is 12.7 Å². The summed E-state index contributed by atoms with van der Waals surface area (Å²) in [5.74, 6) is 2.49. The molecule has 1 fully saturated rings. The number of nitrogen functional groups attached to an aromatic ring is 1. The number of anilines is 1. The van der Waals surface area contributed by atoms with Crippen LogP contribution < -0.4 is 11.4 Å². The van der Waals surface area contributed by atoms with Crippen molar-refractivity contribution in [2.75, 3.05) is 18.9 Å². The van der Waals surface area contributed by atoms with Crippen molar-refractivity contribution in [3.05, 3.63) is 22.7 Å². The molecule has 1 aromatic heterocycles. The number of hydrogen-bond acceptors (Lipinski definition) is 8. The first-order valence-electron chi connectivity index (χ1n) is 9.87. The molecule has 0 spiro atoms. The average Bonchev–Trinajstić information content (AvgIpc) is 2.93. The van der Waals surface area contributed by atoms with Crippen LogP contribution in [-0.4, -0.2) is 56.7 Å². The van der Waals surface area contributed by atoms with Crippen molar-refractivity contribution in [1.29, 1.82) is 0 Å². The molecule has 0 bridgehead atoms. The lowest BCUT2D eigenvalue weighted by Crippen LogP contribution is -2.41. The van der Waals surface area contributed by atoms with Crippen molar-refractivity contribution >= 4 is 24.1 Å². The molecule has 11 heteroatoms. The molecular formula is C20H32N3O6PS. The Hall–Kier alpha value is -1.31. The first-order valence-corrected chi connectivity index (χ1v) is 12.5. The molecular weight excluding hydrogens is 441 g/mol. The van der Waals surface area contributed by atoms with Gasteiger partial charge in [-0.25, -0.2) is 4.79 Å². The van der Waals surface area contributed by atoms with E-state index in [1.165, 1.54) is 16.8 Å². The highest BCUT2D eigenvalue weighted by Gasteiger charge is 2.51. The minimum Gasteiger partial charge on any atom is -0.383 e. The largest absolute Gasteiger partial charge is 0.383 e. The average molecular weight is 474 g/mol. The number of rotatable bonds is 7. The Balaban J connectivity index is 2.48. The number of nitrogens with two attached hydrogens (primary N) is 1. The van der Waals surface area contributed by atoms with Gasteiger partial charge in [-0.15, -0.1) is 6.42 Å². The van der Waals surface area contributed by atoms with Crippen LogP contribution in [0.1, 0.15) is 47.8 Å². The molecule has 9 nitrogen and oxygen atoms in total. The Bertz CT molecular complexity index is 917. The van der Waals surface area contributed by atoms with Gasteiger partial charge in [0, 0.05) is 11.4 Å². The van der Waals surface area contributed by atoms with Gasteiger partial charge < -0.3 is 29.4 Å². The van der Waals surface area contributed by atoms with Crippen LogP contribution in [0.5, 0.6) is 0 Å². The molecule has 5 atom stereocenters. The first-order chi connectivity index (χ1) is 14.2. The number of aromatic nitrogens is 2. The zero-order valence-electron chi connectivity index (χ0n) is 18.8. The minimum atomic E-state index is -3.29. The van der Waals surface area contributed by atoms with Crippen molar-refractivity contribution in [2.24, 2.45) is 0 Å². The summed E-state index contributed by atoms with van der Waals surface area (Å²) >= 11 is 5.45. The normalized spacial score (nSPS) is 26.4. The summed E-state index contributed by atoms with van der Waals surface area (Å²) in [6.45, 7) is 7.88. The topological polar surface area (TPSA) is 118 Å². The van der Waals surface area contributed by atoms with Crippen LogP contribution in [0.2, 0.25) is 0 Å². The van der Waals surface area contributed by atoms with E-state index in [0.29, 0.717) is 0 Å². The summed E-state index contributed by atoms with van der Waals surface area (Å²) in [6.07, 6.45) is 3.56. The van der Waals surface area contributed by atoms with Crippen LogP contribution in [0.3, 0.4) is 0 Å². The quantitative estimate of drug-likeness (QED) is 0.453. The maximum atomic E-state index is 12.5. The summed E-state index contributed by atoms with van der Waals surface area (Å²) < 4.78 is 25.2. The smallest absolute Gasteiger partial charge is 0.351 e. The molecule has 3 N–H and O–H groups in total. The number of ether oxygens (including phenoxy) is 3. The second kappa shape index (κ2) is 9.67. The molecule has 31 heavy (non-hydrogen) atoms. The van der Waals surface area contributed by atoms with Crippen molar-refractivity contribution in [3.8, 4) is 12.3 Å². The summed E-state index contributed by atoms with van der Waals surface area (Å²) in [5, 5.41) is -0.688. The van der Waals surface area contributed by atoms with E-state index in [-0.39, 0.29) is 19.0 Å². The Labute approximate surface area is 188 Å². The SMILES string of the molecule is C#CCOC1[C@@H](OP(O)(=S)C(C)(C)C)[C@@H](COC(C)(C)C)O[C@H]1n1ccc(N)nc1=O. The summed E-state index contributed by atoms with van der Waals surface area (Å²) in [5.41, 5.74) is 4.54. The summed E-state index contributed by atoms with van der Waals surface area (Å²) in [6, 6.07) is 1.48. The molecule has 174 valence electrons. The van der Waals surface area contributed by atoms with Crippen molar-refractivity contribution in [2.45, 2.75) is 76.8 Å². The minimum absolute atomic E-state index is 0.0573. The van der Waals surface area contributed by atoms with Gasteiger partial charge >= 0.3 is 5.69 Å². The maximum Gasteiger partial charge on any atom is 0.351 e. The van der Waals surface area contributed by atoms with E-state index in [0.717, 1.165) is 0 Å². The van der Waals surface area contributed by atoms with Crippen LogP contribution in [0, 0.1) is 12.3 Å². The van der Waals surface area contributed by atoms with Crippen LogP contribution in [0.4, 0.5) is 5.82 Å². The highest BCUT2D eigenvalue weighted by atomic mass is 32.5. The predicted molar refractivity (Wildman–Crippen MR) is 122 cm³/mol. The fourth-order valence-corrected chi connectivity index (χ4v) is 3.99. The molecule has 2 rings (SSSR count). The van der Waals surface area contributed by atoms with Gasteiger partial charge in [0.1, 0.15) is 30.7 Å². The Kier molecular flexibility index (Phi) is 8.10. The van der Waals surface area contributed by atoms with Gasteiger partial charge in [0.25, 0.3) is 0 Å². The Morgan fingerprint density at radius 2 is 2.00 bits per heavy atom.